The molecule has 0 bridgehead atoms. The second kappa shape index (κ2) is 8.08. The molecule has 3 nitrogen and oxygen atoms in total. The Morgan fingerprint density at radius 2 is 2.20 bits per heavy atom. The van der Waals surface area contributed by atoms with E-state index in [4.69, 9.17) is 23.2 Å². The number of hydrogen-bond acceptors (Lipinski definition) is 2. The van der Waals surface area contributed by atoms with Gasteiger partial charge in [-0.25, -0.2) is 0 Å². The number of nitrogens with zero attached hydrogens (tertiary/aromatic N) is 1. The minimum Gasteiger partial charge on any atom is -0.338 e. The van der Waals surface area contributed by atoms with Gasteiger partial charge in [-0.3, -0.25) is 4.79 Å². The first-order valence-corrected chi connectivity index (χ1v) is 7.26. The normalized spacial score (nSPS) is 18.6. The SMILES string of the molecule is CNCC1CCCN(C(=O)c2ccc(Cl)cc2Cl)C1.Cl. The Kier molecular flexibility index (Phi) is 7.10. The molecule has 0 saturated carbocycles. The van der Waals surface area contributed by atoms with Crippen molar-refractivity contribution in [1.82, 2.24) is 10.2 Å². The van der Waals surface area contributed by atoms with Gasteiger partial charge < -0.3 is 10.2 Å². The number of nitrogens with one attached hydrogen (secondary N) is 1. The van der Waals surface area contributed by atoms with Crippen molar-refractivity contribution in [3.63, 3.8) is 0 Å². The molecule has 1 aliphatic rings. The van der Waals surface area contributed by atoms with E-state index in [-0.39, 0.29) is 18.3 Å². The Labute approximate surface area is 136 Å². The van der Waals surface area contributed by atoms with Crippen LogP contribution in [0.25, 0.3) is 0 Å². The average Bonchev–Trinajstić information content (AvgIpc) is 2.39. The molecule has 20 heavy (non-hydrogen) atoms. The fraction of sp³-hybridized carbons (Fsp3) is 0.500. The number of carbonyl (C=O) groups excluding carboxylic acids is 1. The van der Waals surface area contributed by atoms with Crippen LogP contribution in [0.2, 0.25) is 10.0 Å². The summed E-state index contributed by atoms with van der Waals surface area (Å²) in [6, 6.07) is 5.02. The van der Waals surface area contributed by atoms with Crippen LogP contribution in [0.15, 0.2) is 18.2 Å². The number of hydrogen-bond donors (Lipinski definition) is 1. The molecule has 1 fully saturated rings. The van der Waals surface area contributed by atoms with Gasteiger partial charge in [0.05, 0.1) is 10.6 Å². The highest BCUT2D eigenvalue weighted by Gasteiger charge is 2.25. The maximum Gasteiger partial charge on any atom is 0.255 e. The summed E-state index contributed by atoms with van der Waals surface area (Å²) >= 11 is 12.0. The van der Waals surface area contributed by atoms with Crippen molar-refractivity contribution < 1.29 is 4.79 Å². The van der Waals surface area contributed by atoms with E-state index in [0.717, 1.165) is 26.1 Å². The molecule has 1 saturated heterocycles. The molecule has 1 aromatic carbocycles. The zero-order valence-corrected chi connectivity index (χ0v) is 13.7. The molecule has 0 aromatic heterocycles. The molecule has 2 rings (SSSR count). The summed E-state index contributed by atoms with van der Waals surface area (Å²) in [4.78, 5) is 14.3. The minimum atomic E-state index is 0. The highest BCUT2D eigenvalue weighted by Crippen LogP contribution is 2.24. The van der Waals surface area contributed by atoms with Crippen LogP contribution < -0.4 is 5.32 Å². The molecule has 1 N–H and O–H groups in total. The third kappa shape index (κ3) is 4.26. The molecule has 1 amide bonds. The van der Waals surface area contributed by atoms with Crippen molar-refractivity contribution in [2.24, 2.45) is 5.92 Å². The van der Waals surface area contributed by atoms with Crippen LogP contribution in [-0.4, -0.2) is 37.5 Å². The van der Waals surface area contributed by atoms with Crippen molar-refractivity contribution in [3.05, 3.63) is 33.8 Å². The molecule has 112 valence electrons. The summed E-state index contributed by atoms with van der Waals surface area (Å²) < 4.78 is 0. The lowest BCUT2D eigenvalue weighted by Gasteiger charge is -2.33. The number of halogens is 3. The molecular weight excluding hydrogens is 319 g/mol. The predicted molar refractivity (Wildman–Crippen MR) is 86.3 cm³/mol. The number of piperidine rings is 1. The summed E-state index contributed by atoms with van der Waals surface area (Å²) in [5, 5.41) is 4.15. The van der Waals surface area contributed by atoms with E-state index in [2.05, 4.69) is 5.32 Å². The van der Waals surface area contributed by atoms with Gasteiger partial charge in [0.1, 0.15) is 0 Å². The van der Waals surface area contributed by atoms with Crippen LogP contribution in [0.5, 0.6) is 0 Å². The Hall–Kier alpha value is -0.480. The van der Waals surface area contributed by atoms with Gasteiger partial charge in [0.15, 0.2) is 0 Å². The Balaban J connectivity index is 0.00000200. The second-order valence-corrected chi connectivity index (χ2v) is 5.78. The summed E-state index contributed by atoms with van der Waals surface area (Å²) in [7, 11) is 1.94. The van der Waals surface area contributed by atoms with E-state index in [0.29, 0.717) is 21.5 Å². The van der Waals surface area contributed by atoms with Crippen molar-refractivity contribution in [2.45, 2.75) is 12.8 Å². The molecule has 0 radical (unpaired) electrons. The third-order valence-electron chi connectivity index (χ3n) is 3.46. The quantitative estimate of drug-likeness (QED) is 0.915. The molecule has 1 aliphatic heterocycles. The maximum atomic E-state index is 12.5. The van der Waals surface area contributed by atoms with Crippen LogP contribution in [0.4, 0.5) is 0 Å². The summed E-state index contributed by atoms with van der Waals surface area (Å²) in [5.74, 6) is 0.524. The number of carbonyl (C=O) groups is 1. The minimum absolute atomic E-state index is 0. The molecular formula is C14H19Cl3N2O. The fourth-order valence-electron chi connectivity index (χ4n) is 2.54. The van der Waals surface area contributed by atoms with Crippen LogP contribution in [0.3, 0.4) is 0 Å². The molecule has 1 atom stereocenters. The summed E-state index contributed by atoms with van der Waals surface area (Å²) in [5.41, 5.74) is 0.538. The first-order valence-electron chi connectivity index (χ1n) is 6.50. The van der Waals surface area contributed by atoms with Gasteiger partial charge in [-0.2, -0.15) is 0 Å². The molecule has 1 aromatic rings. The third-order valence-corrected chi connectivity index (χ3v) is 4.01. The van der Waals surface area contributed by atoms with Gasteiger partial charge in [0.2, 0.25) is 0 Å². The van der Waals surface area contributed by atoms with Gasteiger partial charge in [0, 0.05) is 18.1 Å². The van der Waals surface area contributed by atoms with E-state index >= 15 is 0 Å². The molecule has 0 aliphatic carbocycles. The van der Waals surface area contributed by atoms with Crippen LogP contribution >= 0.6 is 35.6 Å². The van der Waals surface area contributed by atoms with Crippen molar-refractivity contribution in [2.75, 3.05) is 26.7 Å². The van der Waals surface area contributed by atoms with E-state index in [1.54, 1.807) is 18.2 Å². The number of likely N-dealkylation sites (tertiary alicyclic amines) is 1. The van der Waals surface area contributed by atoms with Crippen molar-refractivity contribution in [1.29, 1.82) is 0 Å². The lowest BCUT2D eigenvalue weighted by atomic mass is 9.97. The number of benzene rings is 1. The van der Waals surface area contributed by atoms with Crippen LogP contribution in [0.1, 0.15) is 23.2 Å². The second-order valence-electron chi connectivity index (χ2n) is 4.94. The zero-order valence-electron chi connectivity index (χ0n) is 11.4. The highest BCUT2D eigenvalue weighted by molar-refractivity contribution is 6.36. The largest absolute Gasteiger partial charge is 0.338 e. The van der Waals surface area contributed by atoms with E-state index in [1.165, 1.54) is 6.42 Å². The predicted octanol–water partition coefficient (Wildman–Crippen LogP) is 3.49. The standard InChI is InChI=1S/C14H18Cl2N2O.ClH/c1-17-8-10-3-2-6-18(9-10)14(19)12-5-4-11(15)7-13(12)16;/h4-5,7,10,17H,2-3,6,8-9H2,1H3;1H. The molecule has 0 spiro atoms. The fourth-order valence-corrected chi connectivity index (χ4v) is 3.03. The molecule has 1 unspecified atom stereocenters. The van der Waals surface area contributed by atoms with Crippen molar-refractivity contribution >= 4 is 41.5 Å². The number of amides is 1. The van der Waals surface area contributed by atoms with E-state index < -0.39 is 0 Å². The Morgan fingerprint density at radius 1 is 1.45 bits per heavy atom. The van der Waals surface area contributed by atoms with Crippen molar-refractivity contribution in [3.8, 4) is 0 Å². The van der Waals surface area contributed by atoms with Crippen LogP contribution in [0, 0.1) is 5.92 Å². The molecule has 1 heterocycles. The summed E-state index contributed by atoms with van der Waals surface area (Å²) in [6.45, 7) is 2.54. The highest BCUT2D eigenvalue weighted by atomic mass is 35.5. The Bertz CT molecular complexity index is 466. The topological polar surface area (TPSA) is 32.3 Å². The van der Waals surface area contributed by atoms with Gasteiger partial charge in [-0.05, 0) is 50.6 Å². The smallest absolute Gasteiger partial charge is 0.255 e. The monoisotopic (exact) mass is 336 g/mol. The van der Waals surface area contributed by atoms with Gasteiger partial charge in [0.25, 0.3) is 5.91 Å². The average molecular weight is 338 g/mol. The maximum absolute atomic E-state index is 12.5. The van der Waals surface area contributed by atoms with E-state index in [9.17, 15) is 4.79 Å². The zero-order chi connectivity index (χ0) is 13.8. The van der Waals surface area contributed by atoms with E-state index in [1.807, 2.05) is 11.9 Å². The first-order chi connectivity index (χ1) is 9.11. The summed E-state index contributed by atoms with van der Waals surface area (Å²) in [6.07, 6.45) is 2.21. The van der Waals surface area contributed by atoms with Gasteiger partial charge in [-0.15, -0.1) is 12.4 Å². The molecule has 6 heteroatoms. The lowest BCUT2D eigenvalue weighted by molar-refractivity contribution is 0.0674. The lowest BCUT2D eigenvalue weighted by Crippen LogP contribution is -2.42. The first kappa shape index (κ1) is 17.6. The van der Waals surface area contributed by atoms with Gasteiger partial charge in [-0.1, -0.05) is 23.2 Å². The number of rotatable bonds is 3. The Morgan fingerprint density at radius 3 is 2.85 bits per heavy atom. The van der Waals surface area contributed by atoms with Gasteiger partial charge >= 0.3 is 0 Å². The van der Waals surface area contributed by atoms with Crippen LogP contribution in [-0.2, 0) is 0 Å².